The fourth-order valence-electron chi connectivity index (χ4n) is 1.18. The Morgan fingerprint density at radius 3 is 3.08 bits per heavy atom. The molecule has 13 heavy (non-hydrogen) atoms. The van der Waals surface area contributed by atoms with Crippen molar-refractivity contribution in [2.45, 2.75) is 6.67 Å². The van der Waals surface area contributed by atoms with Crippen molar-refractivity contribution in [3.05, 3.63) is 23.8 Å². The zero-order chi connectivity index (χ0) is 9.26. The summed E-state index contributed by atoms with van der Waals surface area (Å²) in [6.45, 7) is -0.549. The van der Waals surface area contributed by atoms with Crippen LogP contribution in [0.4, 0.5) is 4.39 Å². The van der Waals surface area contributed by atoms with E-state index in [1.807, 2.05) is 0 Å². The van der Waals surface area contributed by atoms with Crippen LogP contribution < -0.4 is 4.74 Å². The number of rotatable bonds is 2. The summed E-state index contributed by atoms with van der Waals surface area (Å²) in [5.41, 5.74) is 1.60. The summed E-state index contributed by atoms with van der Waals surface area (Å²) < 4.78 is 22.4. The van der Waals surface area contributed by atoms with E-state index in [4.69, 9.17) is 9.15 Å². The Bertz CT molecular complexity index is 424. The van der Waals surface area contributed by atoms with E-state index in [0.717, 1.165) is 0 Å². The van der Waals surface area contributed by atoms with Gasteiger partial charge in [0.25, 0.3) is 0 Å². The predicted octanol–water partition coefficient (Wildman–Crippen LogP) is 2.31. The number of methoxy groups -OCH3 is 1. The van der Waals surface area contributed by atoms with Crippen LogP contribution in [0.3, 0.4) is 0 Å². The maximum absolute atomic E-state index is 12.4. The van der Waals surface area contributed by atoms with Gasteiger partial charge in [0, 0.05) is 5.56 Å². The lowest BCUT2D eigenvalue weighted by atomic mass is 10.2. The molecule has 4 heteroatoms. The van der Waals surface area contributed by atoms with Crippen LogP contribution in [0.25, 0.3) is 11.1 Å². The summed E-state index contributed by atoms with van der Waals surface area (Å²) in [7, 11) is 1.46. The fraction of sp³-hybridized carbons (Fsp3) is 0.222. The van der Waals surface area contributed by atoms with Gasteiger partial charge in [0.1, 0.15) is 12.2 Å². The molecule has 2 aromatic rings. The molecule has 2 rings (SSSR count). The number of alkyl halides is 1. The second-order valence-corrected chi connectivity index (χ2v) is 2.58. The molecule has 0 fully saturated rings. The highest BCUT2D eigenvalue weighted by Crippen LogP contribution is 2.23. The number of para-hydroxylation sites is 1. The monoisotopic (exact) mass is 181 g/mol. The summed E-state index contributed by atoms with van der Waals surface area (Å²) in [6, 6.07) is 5.12. The number of ether oxygens (including phenoxy) is 1. The summed E-state index contributed by atoms with van der Waals surface area (Å²) in [4.78, 5) is 3.97. The van der Waals surface area contributed by atoms with Crippen LogP contribution in [-0.4, -0.2) is 12.1 Å². The molecule has 1 aromatic heterocycles. The highest BCUT2D eigenvalue weighted by Gasteiger charge is 2.08. The number of aromatic nitrogens is 1. The van der Waals surface area contributed by atoms with Crippen molar-refractivity contribution >= 4 is 11.1 Å². The average molecular weight is 181 g/mol. The lowest BCUT2D eigenvalue weighted by Crippen LogP contribution is -1.82. The van der Waals surface area contributed by atoms with Crippen molar-refractivity contribution < 1.29 is 13.5 Å². The molecule has 1 aromatic carbocycles. The molecule has 0 radical (unpaired) electrons. The van der Waals surface area contributed by atoms with E-state index in [-0.39, 0.29) is 6.08 Å². The molecule has 0 aliphatic carbocycles. The van der Waals surface area contributed by atoms with E-state index in [0.29, 0.717) is 16.7 Å². The van der Waals surface area contributed by atoms with Crippen molar-refractivity contribution in [3.63, 3.8) is 0 Å². The van der Waals surface area contributed by atoms with Crippen molar-refractivity contribution in [2.24, 2.45) is 0 Å². The third-order valence-corrected chi connectivity index (χ3v) is 1.80. The van der Waals surface area contributed by atoms with E-state index >= 15 is 0 Å². The largest absolute Gasteiger partial charge is 0.453 e. The number of halogens is 1. The molecule has 0 aliphatic heterocycles. The van der Waals surface area contributed by atoms with Crippen molar-refractivity contribution in [1.29, 1.82) is 0 Å². The molecular formula is C9H8FNO2. The molecule has 0 amide bonds. The Kier molecular flexibility index (Phi) is 1.88. The average Bonchev–Trinajstić information content (AvgIpc) is 2.59. The van der Waals surface area contributed by atoms with Crippen molar-refractivity contribution in [3.8, 4) is 6.08 Å². The Balaban J connectivity index is 2.67. The van der Waals surface area contributed by atoms with Gasteiger partial charge in [0.15, 0.2) is 5.58 Å². The van der Waals surface area contributed by atoms with Gasteiger partial charge >= 0.3 is 6.08 Å². The van der Waals surface area contributed by atoms with Crippen LogP contribution in [0.1, 0.15) is 5.56 Å². The summed E-state index contributed by atoms with van der Waals surface area (Å²) in [5, 5.41) is 0. The van der Waals surface area contributed by atoms with Gasteiger partial charge in [-0.25, -0.2) is 4.39 Å². The lowest BCUT2D eigenvalue weighted by Gasteiger charge is -1.91. The van der Waals surface area contributed by atoms with Gasteiger partial charge in [0.05, 0.1) is 7.11 Å². The third-order valence-electron chi connectivity index (χ3n) is 1.80. The van der Waals surface area contributed by atoms with E-state index in [9.17, 15) is 4.39 Å². The maximum Gasteiger partial charge on any atom is 0.394 e. The topological polar surface area (TPSA) is 35.3 Å². The van der Waals surface area contributed by atoms with Crippen LogP contribution in [0.15, 0.2) is 22.6 Å². The number of oxazole rings is 1. The minimum Gasteiger partial charge on any atom is -0.453 e. The molecule has 3 nitrogen and oxygen atoms in total. The first-order valence-electron chi connectivity index (χ1n) is 3.83. The molecule has 0 unspecified atom stereocenters. The smallest absolute Gasteiger partial charge is 0.394 e. The zero-order valence-electron chi connectivity index (χ0n) is 7.08. The molecule has 0 aliphatic rings. The van der Waals surface area contributed by atoms with E-state index in [1.54, 1.807) is 18.2 Å². The predicted molar refractivity (Wildman–Crippen MR) is 45.4 cm³/mol. The van der Waals surface area contributed by atoms with Gasteiger partial charge in [-0.15, -0.1) is 0 Å². The SMILES string of the molecule is COc1nc2c(CF)cccc2o1. The zero-order valence-corrected chi connectivity index (χ0v) is 7.08. The van der Waals surface area contributed by atoms with Gasteiger partial charge in [-0.05, 0) is 6.07 Å². The minimum atomic E-state index is -0.549. The number of nitrogens with zero attached hydrogens (tertiary/aromatic N) is 1. The molecule has 0 atom stereocenters. The first-order valence-corrected chi connectivity index (χ1v) is 3.83. The number of hydrogen-bond donors (Lipinski definition) is 0. The molecule has 1 heterocycles. The first-order chi connectivity index (χ1) is 6.35. The highest BCUT2D eigenvalue weighted by atomic mass is 19.1. The van der Waals surface area contributed by atoms with Gasteiger partial charge in [0.2, 0.25) is 0 Å². The molecular weight excluding hydrogens is 173 g/mol. The number of fused-ring (bicyclic) bond motifs is 1. The van der Waals surface area contributed by atoms with Crippen LogP contribution in [0, 0.1) is 0 Å². The molecule has 0 saturated heterocycles. The van der Waals surface area contributed by atoms with Gasteiger partial charge < -0.3 is 9.15 Å². The van der Waals surface area contributed by atoms with E-state index in [1.165, 1.54) is 7.11 Å². The Labute approximate surface area is 74.1 Å². The summed E-state index contributed by atoms with van der Waals surface area (Å²) >= 11 is 0. The third kappa shape index (κ3) is 1.24. The summed E-state index contributed by atoms with van der Waals surface area (Å²) in [5.74, 6) is 0. The van der Waals surface area contributed by atoms with Gasteiger partial charge in [-0.3, -0.25) is 0 Å². The molecule has 0 saturated carbocycles. The second-order valence-electron chi connectivity index (χ2n) is 2.58. The standard InChI is InChI=1S/C9H8FNO2/c1-12-9-11-8-6(5-10)3-2-4-7(8)13-9/h2-4H,5H2,1H3. The van der Waals surface area contributed by atoms with Crippen molar-refractivity contribution in [1.82, 2.24) is 4.98 Å². The van der Waals surface area contributed by atoms with Crippen molar-refractivity contribution in [2.75, 3.05) is 7.11 Å². The number of hydrogen-bond acceptors (Lipinski definition) is 3. The summed E-state index contributed by atoms with van der Waals surface area (Å²) in [6.07, 6.45) is 0.163. The Morgan fingerprint density at radius 1 is 1.54 bits per heavy atom. The molecule has 0 bridgehead atoms. The first kappa shape index (κ1) is 8.04. The fourth-order valence-corrected chi connectivity index (χ4v) is 1.18. The van der Waals surface area contributed by atoms with Crippen LogP contribution in [0.5, 0.6) is 6.08 Å². The van der Waals surface area contributed by atoms with E-state index < -0.39 is 6.67 Å². The van der Waals surface area contributed by atoms with E-state index in [2.05, 4.69) is 4.98 Å². The van der Waals surface area contributed by atoms with Gasteiger partial charge in [-0.1, -0.05) is 12.1 Å². The van der Waals surface area contributed by atoms with Crippen LogP contribution in [-0.2, 0) is 6.67 Å². The quantitative estimate of drug-likeness (QED) is 0.713. The number of benzene rings is 1. The maximum atomic E-state index is 12.4. The van der Waals surface area contributed by atoms with Crippen LogP contribution >= 0.6 is 0 Å². The Hall–Kier alpha value is -1.58. The highest BCUT2D eigenvalue weighted by molar-refractivity contribution is 5.76. The molecule has 0 spiro atoms. The van der Waals surface area contributed by atoms with Gasteiger partial charge in [-0.2, -0.15) is 4.98 Å². The molecule has 68 valence electrons. The normalized spacial score (nSPS) is 10.6. The minimum absolute atomic E-state index is 0.163. The second kappa shape index (κ2) is 3.05. The Morgan fingerprint density at radius 2 is 2.38 bits per heavy atom. The lowest BCUT2D eigenvalue weighted by molar-refractivity contribution is 0.299. The molecule has 0 N–H and O–H groups in total. The van der Waals surface area contributed by atoms with Crippen LogP contribution in [0.2, 0.25) is 0 Å².